The zero-order chi connectivity index (χ0) is 13.7. The molecule has 98 valence electrons. The molecule has 0 aliphatic heterocycles. The molecule has 0 aliphatic carbocycles. The van der Waals surface area contributed by atoms with Crippen molar-refractivity contribution in [2.75, 3.05) is 6.61 Å². The highest BCUT2D eigenvalue weighted by molar-refractivity contribution is 6.55. The van der Waals surface area contributed by atoms with E-state index in [1.807, 2.05) is 49.4 Å². The lowest BCUT2D eigenvalue weighted by atomic mass is 10.1. The van der Waals surface area contributed by atoms with Gasteiger partial charge in [-0.15, -0.1) is 0 Å². The molecule has 1 aromatic heterocycles. The average Bonchev–Trinajstić information content (AvgIpc) is 2.39. The smallest absolute Gasteiger partial charge is 0.119 e. The van der Waals surface area contributed by atoms with Crippen molar-refractivity contribution in [3.63, 3.8) is 0 Å². The van der Waals surface area contributed by atoms with E-state index in [9.17, 15) is 0 Å². The van der Waals surface area contributed by atoms with Crippen molar-refractivity contribution in [3.05, 3.63) is 58.7 Å². The van der Waals surface area contributed by atoms with Crippen LogP contribution in [0.25, 0.3) is 11.3 Å². The minimum atomic E-state index is 0.209. The second-order valence-electron chi connectivity index (χ2n) is 3.99. The standard InChI is InChI=1S/C15H13Cl2NO/c1-11-3-2-4-14(18-11)12-5-7-13(8-6-12)19-10-9-15(16)17/h2-9H,10H2,1H3. The van der Waals surface area contributed by atoms with Crippen LogP contribution in [0.2, 0.25) is 0 Å². The molecule has 0 amide bonds. The second-order valence-corrected chi connectivity index (χ2v) is 5.00. The Morgan fingerprint density at radius 3 is 2.53 bits per heavy atom. The van der Waals surface area contributed by atoms with Gasteiger partial charge in [0, 0.05) is 11.3 Å². The van der Waals surface area contributed by atoms with Crippen LogP contribution in [0.1, 0.15) is 5.69 Å². The van der Waals surface area contributed by atoms with E-state index in [2.05, 4.69) is 4.98 Å². The minimum absolute atomic E-state index is 0.209. The van der Waals surface area contributed by atoms with Crippen molar-refractivity contribution in [2.24, 2.45) is 0 Å². The fraction of sp³-hybridized carbons (Fsp3) is 0.133. The third kappa shape index (κ3) is 4.27. The van der Waals surface area contributed by atoms with Crippen LogP contribution in [0.5, 0.6) is 5.75 Å². The fourth-order valence-electron chi connectivity index (χ4n) is 1.63. The van der Waals surface area contributed by atoms with Crippen LogP contribution in [0.15, 0.2) is 53.0 Å². The van der Waals surface area contributed by atoms with E-state index in [4.69, 9.17) is 27.9 Å². The van der Waals surface area contributed by atoms with E-state index in [1.165, 1.54) is 0 Å². The third-order valence-corrected chi connectivity index (χ3v) is 2.83. The number of nitrogens with zero attached hydrogens (tertiary/aromatic N) is 1. The summed E-state index contributed by atoms with van der Waals surface area (Å²) >= 11 is 11.0. The summed E-state index contributed by atoms with van der Waals surface area (Å²) in [6.07, 6.45) is 1.60. The molecule has 19 heavy (non-hydrogen) atoms. The van der Waals surface area contributed by atoms with E-state index >= 15 is 0 Å². The molecule has 0 saturated heterocycles. The summed E-state index contributed by atoms with van der Waals surface area (Å²) in [6, 6.07) is 13.7. The molecule has 2 aromatic rings. The van der Waals surface area contributed by atoms with Gasteiger partial charge >= 0.3 is 0 Å². The Morgan fingerprint density at radius 1 is 1.16 bits per heavy atom. The Labute approximate surface area is 122 Å². The molecule has 0 aliphatic rings. The second kappa shape index (κ2) is 6.60. The molecular formula is C15H13Cl2NO. The number of ether oxygens (including phenoxy) is 1. The SMILES string of the molecule is Cc1cccc(-c2ccc(OCC=C(Cl)Cl)cc2)n1. The lowest BCUT2D eigenvalue weighted by Crippen LogP contribution is -1.93. The van der Waals surface area contributed by atoms with Crippen molar-refractivity contribution in [1.82, 2.24) is 4.98 Å². The number of benzene rings is 1. The fourth-order valence-corrected chi connectivity index (χ4v) is 1.75. The predicted octanol–water partition coefficient (Wildman–Crippen LogP) is 4.75. The topological polar surface area (TPSA) is 22.1 Å². The quantitative estimate of drug-likeness (QED) is 0.811. The lowest BCUT2D eigenvalue weighted by molar-refractivity contribution is 0.363. The number of hydrogen-bond acceptors (Lipinski definition) is 2. The van der Waals surface area contributed by atoms with Crippen LogP contribution in [-0.4, -0.2) is 11.6 Å². The Morgan fingerprint density at radius 2 is 1.89 bits per heavy atom. The first kappa shape index (κ1) is 13.9. The van der Waals surface area contributed by atoms with E-state index in [0.717, 1.165) is 22.7 Å². The van der Waals surface area contributed by atoms with Crippen LogP contribution >= 0.6 is 23.2 Å². The molecule has 0 atom stereocenters. The van der Waals surface area contributed by atoms with Crippen LogP contribution in [-0.2, 0) is 0 Å². The maximum Gasteiger partial charge on any atom is 0.119 e. The highest BCUT2D eigenvalue weighted by atomic mass is 35.5. The number of pyridine rings is 1. The summed E-state index contributed by atoms with van der Waals surface area (Å²) in [4.78, 5) is 4.47. The zero-order valence-electron chi connectivity index (χ0n) is 10.4. The summed E-state index contributed by atoms with van der Waals surface area (Å²) in [5.74, 6) is 0.766. The highest BCUT2D eigenvalue weighted by Crippen LogP contribution is 2.21. The summed E-state index contributed by atoms with van der Waals surface area (Å²) in [5, 5.41) is 0. The highest BCUT2D eigenvalue weighted by Gasteiger charge is 2.00. The number of aromatic nitrogens is 1. The van der Waals surface area contributed by atoms with Crippen molar-refractivity contribution in [1.29, 1.82) is 0 Å². The first-order valence-corrected chi connectivity index (χ1v) is 6.59. The zero-order valence-corrected chi connectivity index (χ0v) is 11.9. The first-order valence-electron chi connectivity index (χ1n) is 5.83. The molecule has 1 heterocycles. The normalized spacial score (nSPS) is 10.1. The van der Waals surface area contributed by atoms with Crippen LogP contribution in [0.4, 0.5) is 0 Å². The molecule has 1 aromatic carbocycles. The third-order valence-electron chi connectivity index (χ3n) is 2.53. The van der Waals surface area contributed by atoms with Gasteiger partial charge in [-0.25, -0.2) is 0 Å². The van der Waals surface area contributed by atoms with Gasteiger partial charge in [-0.05, 0) is 49.4 Å². The van der Waals surface area contributed by atoms with Crippen molar-refractivity contribution in [3.8, 4) is 17.0 Å². The minimum Gasteiger partial charge on any atom is -0.489 e. The van der Waals surface area contributed by atoms with Crippen LogP contribution < -0.4 is 4.74 Å². The maximum absolute atomic E-state index is 5.50. The molecule has 0 radical (unpaired) electrons. The van der Waals surface area contributed by atoms with Gasteiger partial charge in [0.15, 0.2) is 0 Å². The molecule has 0 saturated carbocycles. The number of aryl methyl sites for hydroxylation is 1. The van der Waals surface area contributed by atoms with Gasteiger partial charge in [0.2, 0.25) is 0 Å². The number of halogens is 2. The van der Waals surface area contributed by atoms with E-state index in [-0.39, 0.29) is 4.49 Å². The van der Waals surface area contributed by atoms with E-state index in [1.54, 1.807) is 6.08 Å². The largest absolute Gasteiger partial charge is 0.489 e. The van der Waals surface area contributed by atoms with Gasteiger partial charge in [0.05, 0.1) is 5.69 Å². The first-order chi connectivity index (χ1) is 9.15. The Kier molecular flexibility index (Phi) is 4.83. The van der Waals surface area contributed by atoms with Crippen molar-refractivity contribution in [2.45, 2.75) is 6.92 Å². The Hall–Kier alpha value is -1.51. The van der Waals surface area contributed by atoms with Crippen LogP contribution in [0, 0.1) is 6.92 Å². The molecule has 0 fully saturated rings. The summed E-state index contributed by atoms with van der Waals surface area (Å²) in [5.41, 5.74) is 3.01. The van der Waals surface area contributed by atoms with Gasteiger partial charge in [-0.2, -0.15) is 0 Å². The molecule has 0 unspecified atom stereocenters. The molecular weight excluding hydrogens is 281 g/mol. The van der Waals surface area contributed by atoms with Gasteiger partial charge in [0.1, 0.15) is 16.8 Å². The summed E-state index contributed by atoms with van der Waals surface area (Å²) in [6.45, 7) is 2.33. The van der Waals surface area contributed by atoms with Crippen LogP contribution in [0.3, 0.4) is 0 Å². The Balaban J connectivity index is 2.08. The molecule has 2 rings (SSSR count). The predicted molar refractivity (Wildman–Crippen MR) is 79.7 cm³/mol. The van der Waals surface area contributed by atoms with Gasteiger partial charge in [-0.1, -0.05) is 29.3 Å². The van der Waals surface area contributed by atoms with E-state index < -0.39 is 0 Å². The van der Waals surface area contributed by atoms with Gasteiger partial charge < -0.3 is 4.74 Å². The average molecular weight is 294 g/mol. The molecule has 2 nitrogen and oxygen atoms in total. The van der Waals surface area contributed by atoms with E-state index in [0.29, 0.717) is 6.61 Å². The van der Waals surface area contributed by atoms with Gasteiger partial charge in [0.25, 0.3) is 0 Å². The van der Waals surface area contributed by atoms with Gasteiger partial charge in [-0.3, -0.25) is 4.98 Å². The molecule has 4 heteroatoms. The summed E-state index contributed by atoms with van der Waals surface area (Å²) < 4.78 is 5.67. The maximum atomic E-state index is 5.50. The summed E-state index contributed by atoms with van der Waals surface area (Å²) in [7, 11) is 0. The number of hydrogen-bond donors (Lipinski definition) is 0. The number of rotatable bonds is 4. The molecule has 0 N–H and O–H groups in total. The van der Waals surface area contributed by atoms with Crippen molar-refractivity contribution >= 4 is 23.2 Å². The monoisotopic (exact) mass is 293 g/mol. The lowest BCUT2D eigenvalue weighted by Gasteiger charge is -2.05. The molecule has 0 bridgehead atoms. The Bertz CT molecular complexity index is 575. The molecule has 0 spiro atoms. The van der Waals surface area contributed by atoms with Crippen molar-refractivity contribution < 1.29 is 4.74 Å².